The molecule has 0 aliphatic heterocycles. The summed E-state index contributed by atoms with van der Waals surface area (Å²) in [6, 6.07) is 5.56. The lowest BCUT2D eigenvalue weighted by Crippen LogP contribution is -2.36. The third-order valence-corrected chi connectivity index (χ3v) is 3.09. The highest BCUT2D eigenvalue weighted by Crippen LogP contribution is 2.23. The first-order chi connectivity index (χ1) is 8.08. The number of urea groups is 1. The van der Waals surface area contributed by atoms with Crippen LogP contribution in [0.2, 0.25) is 0 Å². The minimum Gasteiger partial charge on any atom is -0.395 e. The molecular weight excluding hydrogens is 284 g/mol. The van der Waals surface area contributed by atoms with Crippen molar-refractivity contribution in [2.75, 3.05) is 25.0 Å². The number of hydrogen-bond acceptors (Lipinski definition) is 2. The largest absolute Gasteiger partial charge is 0.395 e. The number of likely N-dealkylation sites (N-methyl/N-ethyl adjacent to an activating group) is 1. The fourth-order valence-electron chi connectivity index (χ4n) is 1.45. The van der Waals surface area contributed by atoms with Crippen molar-refractivity contribution in [3.8, 4) is 0 Å². The smallest absolute Gasteiger partial charge is 0.321 e. The van der Waals surface area contributed by atoms with Gasteiger partial charge in [0, 0.05) is 17.6 Å². The van der Waals surface area contributed by atoms with Crippen LogP contribution in [0.5, 0.6) is 0 Å². The average molecular weight is 301 g/mol. The zero-order chi connectivity index (χ0) is 12.8. The van der Waals surface area contributed by atoms with Gasteiger partial charge in [-0.1, -0.05) is 6.07 Å². The molecule has 5 heteroatoms. The third kappa shape index (κ3) is 4.02. The van der Waals surface area contributed by atoms with Crippen LogP contribution in [0.1, 0.15) is 12.5 Å². The van der Waals surface area contributed by atoms with Crippen molar-refractivity contribution in [2.24, 2.45) is 0 Å². The first-order valence-electron chi connectivity index (χ1n) is 5.51. The number of hydrogen-bond donors (Lipinski definition) is 2. The molecule has 0 aromatic heterocycles. The summed E-state index contributed by atoms with van der Waals surface area (Å²) in [5, 5.41) is 11.7. The van der Waals surface area contributed by atoms with Gasteiger partial charge >= 0.3 is 6.03 Å². The molecule has 17 heavy (non-hydrogen) atoms. The van der Waals surface area contributed by atoms with E-state index in [0.717, 1.165) is 15.7 Å². The summed E-state index contributed by atoms with van der Waals surface area (Å²) in [6.07, 6.45) is 0. The van der Waals surface area contributed by atoms with Gasteiger partial charge in [0.15, 0.2) is 0 Å². The number of anilines is 1. The molecule has 0 atom stereocenters. The quantitative estimate of drug-likeness (QED) is 0.898. The molecule has 2 N–H and O–H groups in total. The Balaban J connectivity index is 2.76. The van der Waals surface area contributed by atoms with Gasteiger partial charge in [-0.3, -0.25) is 0 Å². The third-order valence-electron chi connectivity index (χ3n) is 2.40. The lowest BCUT2D eigenvalue weighted by atomic mass is 10.2. The monoisotopic (exact) mass is 300 g/mol. The molecule has 0 saturated heterocycles. The molecule has 0 aliphatic rings. The molecule has 2 amide bonds. The molecule has 0 fully saturated rings. The molecule has 0 unspecified atom stereocenters. The summed E-state index contributed by atoms with van der Waals surface area (Å²) in [5.74, 6) is 0. The highest BCUT2D eigenvalue weighted by atomic mass is 79.9. The van der Waals surface area contributed by atoms with Crippen molar-refractivity contribution in [2.45, 2.75) is 13.8 Å². The number of amides is 2. The average Bonchev–Trinajstić information content (AvgIpc) is 2.30. The van der Waals surface area contributed by atoms with Crippen molar-refractivity contribution < 1.29 is 9.90 Å². The van der Waals surface area contributed by atoms with E-state index in [1.807, 2.05) is 32.0 Å². The molecule has 4 nitrogen and oxygen atoms in total. The van der Waals surface area contributed by atoms with E-state index in [1.165, 1.54) is 0 Å². The van der Waals surface area contributed by atoms with Gasteiger partial charge in [-0.05, 0) is 47.5 Å². The van der Waals surface area contributed by atoms with Gasteiger partial charge in [-0.15, -0.1) is 0 Å². The Kier molecular flexibility index (Phi) is 5.44. The molecule has 0 spiro atoms. The molecule has 94 valence electrons. The fourth-order valence-corrected chi connectivity index (χ4v) is 1.80. The number of aliphatic hydroxyl groups excluding tert-OH is 1. The van der Waals surface area contributed by atoms with E-state index >= 15 is 0 Å². The van der Waals surface area contributed by atoms with Crippen molar-refractivity contribution in [1.29, 1.82) is 0 Å². The number of carbonyl (C=O) groups is 1. The maximum atomic E-state index is 11.9. The summed E-state index contributed by atoms with van der Waals surface area (Å²) in [5.41, 5.74) is 1.82. The van der Waals surface area contributed by atoms with Crippen LogP contribution in [0.4, 0.5) is 10.5 Å². The lowest BCUT2D eigenvalue weighted by molar-refractivity contribution is 0.192. The molecule has 0 bridgehead atoms. The normalized spacial score (nSPS) is 10.1. The Labute approximate surface area is 110 Å². The second kappa shape index (κ2) is 6.61. The van der Waals surface area contributed by atoms with E-state index in [2.05, 4.69) is 21.2 Å². The van der Waals surface area contributed by atoms with Crippen molar-refractivity contribution in [1.82, 2.24) is 4.90 Å². The number of nitrogens with one attached hydrogen (secondary N) is 1. The van der Waals surface area contributed by atoms with E-state index in [9.17, 15) is 4.79 Å². The Bertz CT molecular complexity index is 396. The van der Waals surface area contributed by atoms with E-state index < -0.39 is 0 Å². The predicted octanol–water partition coefficient (Wildman–Crippen LogP) is 2.60. The van der Waals surface area contributed by atoms with Crippen LogP contribution < -0.4 is 5.32 Å². The first-order valence-corrected chi connectivity index (χ1v) is 6.30. The molecule has 1 aromatic carbocycles. The van der Waals surface area contributed by atoms with Crippen molar-refractivity contribution >= 4 is 27.6 Å². The Morgan fingerprint density at radius 1 is 1.53 bits per heavy atom. The SMILES string of the molecule is CCN(CCO)C(=O)Nc1cc(C)ccc1Br. The maximum Gasteiger partial charge on any atom is 0.321 e. The van der Waals surface area contributed by atoms with E-state index in [0.29, 0.717) is 13.1 Å². The minimum absolute atomic E-state index is 0.0315. The Hall–Kier alpha value is -1.07. The lowest BCUT2D eigenvalue weighted by Gasteiger charge is -2.20. The minimum atomic E-state index is -0.201. The van der Waals surface area contributed by atoms with Crippen LogP contribution in [0.3, 0.4) is 0 Å². The summed E-state index contributed by atoms with van der Waals surface area (Å²) in [6.45, 7) is 4.71. The number of nitrogens with zero attached hydrogens (tertiary/aromatic N) is 1. The number of carbonyl (C=O) groups excluding carboxylic acids is 1. The predicted molar refractivity (Wildman–Crippen MR) is 72.2 cm³/mol. The summed E-state index contributed by atoms with van der Waals surface area (Å²) >= 11 is 3.39. The number of rotatable bonds is 4. The van der Waals surface area contributed by atoms with Gasteiger partial charge in [0.05, 0.1) is 12.3 Å². The summed E-state index contributed by atoms with van der Waals surface area (Å²) in [4.78, 5) is 13.4. The zero-order valence-electron chi connectivity index (χ0n) is 10.0. The number of benzene rings is 1. The summed E-state index contributed by atoms with van der Waals surface area (Å²) in [7, 11) is 0. The molecule has 0 radical (unpaired) electrons. The number of aryl methyl sites for hydroxylation is 1. The van der Waals surface area contributed by atoms with Crippen molar-refractivity contribution in [3.63, 3.8) is 0 Å². The van der Waals surface area contributed by atoms with Crippen LogP contribution in [0.25, 0.3) is 0 Å². The molecule has 0 saturated carbocycles. The highest BCUT2D eigenvalue weighted by Gasteiger charge is 2.12. The van der Waals surface area contributed by atoms with Crippen LogP contribution in [0, 0.1) is 6.92 Å². The zero-order valence-corrected chi connectivity index (χ0v) is 11.6. The molecule has 0 aliphatic carbocycles. The van der Waals surface area contributed by atoms with Gasteiger partial charge in [0.2, 0.25) is 0 Å². The van der Waals surface area contributed by atoms with Gasteiger partial charge in [-0.25, -0.2) is 4.79 Å². The molecule has 0 heterocycles. The Morgan fingerprint density at radius 3 is 2.82 bits per heavy atom. The van der Waals surface area contributed by atoms with Crippen LogP contribution >= 0.6 is 15.9 Å². The van der Waals surface area contributed by atoms with E-state index in [-0.39, 0.29) is 12.6 Å². The standard InChI is InChI=1S/C12H17BrN2O2/c1-3-15(6-7-16)12(17)14-11-8-9(2)4-5-10(11)13/h4-5,8,16H,3,6-7H2,1-2H3,(H,14,17). The van der Waals surface area contributed by atoms with Crippen LogP contribution in [-0.4, -0.2) is 35.7 Å². The fraction of sp³-hybridized carbons (Fsp3) is 0.417. The molecule has 1 aromatic rings. The van der Waals surface area contributed by atoms with Gasteiger partial charge in [0.1, 0.15) is 0 Å². The maximum absolute atomic E-state index is 11.9. The van der Waals surface area contributed by atoms with Gasteiger partial charge in [0.25, 0.3) is 0 Å². The number of aliphatic hydroxyl groups is 1. The van der Waals surface area contributed by atoms with Crippen LogP contribution in [-0.2, 0) is 0 Å². The van der Waals surface area contributed by atoms with Gasteiger partial charge in [-0.2, -0.15) is 0 Å². The Morgan fingerprint density at radius 2 is 2.24 bits per heavy atom. The second-order valence-corrected chi connectivity index (χ2v) is 4.57. The highest BCUT2D eigenvalue weighted by molar-refractivity contribution is 9.10. The first kappa shape index (κ1) is 14.0. The topological polar surface area (TPSA) is 52.6 Å². The van der Waals surface area contributed by atoms with Gasteiger partial charge < -0.3 is 15.3 Å². The second-order valence-electron chi connectivity index (χ2n) is 3.72. The van der Waals surface area contributed by atoms with Crippen LogP contribution in [0.15, 0.2) is 22.7 Å². The number of halogens is 1. The summed E-state index contributed by atoms with van der Waals surface area (Å²) < 4.78 is 0.844. The van der Waals surface area contributed by atoms with Crippen molar-refractivity contribution in [3.05, 3.63) is 28.2 Å². The van der Waals surface area contributed by atoms with E-state index in [1.54, 1.807) is 4.90 Å². The molecular formula is C12H17BrN2O2. The molecule has 1 rings (SSSR count). The van der Waals surface area contributed by atoms with E-state index in [4.69, 9.17) is 5.11 Å².